The van der Waals surface area contributed by atoms with Crippen molar-refractivity contribution in [2.45, 2.75) is 33.1 Å². The fourth-order valence-electron chi connectivity index (χ4n) is 2.32. The monoisotopic (exact) mass is 399 g/mol. The molecule has 0 aromatic carbocycles. The molecule has 0 saturated carbocycles. The number of fused-ring (bicyclic) bond motifs is 1. The molecule has 2 aliphatic heterocycles. The lowest BCUT2D eigenvalue weighted by Gasteiger charge is -2.47. The van der Waals surface area contributed by atoms with Crippen molar-refractivity contribution in [1.29, 1.82) is 0 Å². The Morgan fingerprint density at radius 2 is 2.07 bits per heavy atom. The minimum absolute atomic E-state index is 0.121. The molecule has 0 aromatic rings. The third-order valence-corrected chi connectivity index (χ3v) is 5.17. The number of oxime groups is 1. The molecular weight excluding hydrogens is 374 g/mol. The highest BCUT2D eigenvalue weighted by molar-refractivity contribution is 8.00. The maximum atomic E-state index is 12.4. The van der Waals surface area contributed by atoms with E-state index in [4.69, 9.17) is 20.0 Å². The summed E-state index contributed by atoms with van der Waals surface area (Å²) in [7, 11) is 0. The van der Waals surface area contributed by atoms with Crippen LogP contribution in [0.4, 0.5) is 0 Å². The molecule has 1 amide bonds. The molecular formula is C17H25N3O6S. The molecule has 2 unspecified atom stereocenters. The minimum Gasteiger partial charge on any atom is -0.427 e. The van der Waals surface area contributed by atoms with Crippen LogP contribution in [0.15, 0.2) is 16.9 Å². The molecule has 150 valence electrons. The van der Waals surface area contributed by atoms with E-state index in [-0.39, 0.29) is 36.0 Å². The number of carbonyl (C=O) groups excluding carboxylic acids is 3. The first-order valence-electron chi connectivity index (χ1n) is 8.51. The number of rotatable bonds is 7. The number of esters is 2. The van der Waals surface area contributed by atoms with Crippen LogP contribution in [0.25, 0.3) is 0 Å². The van der Waals surface area contributed by atoms with Gasteiger partial charge in [-0.25, -0.2) is 4.79 Å². The van der Waals surface area contributed by atoms with E-state index in [1.807, 2.05) is 0 Å². The van der Waals surface area contributed by atoms with Gasteiger partial charge in [0, 0.05) is 12.3 Å². The number of nitrogens with two attached hydrogens (primary N) is 1. The van der Waals surface area contributed by atoms with Crippen LogP contribution in [0.2, 0.25) is 0 Å². The number of hydrogen-bond donors (Lipinski definition) is 1. The van der Waals surface area contributed by atoms with Gasteiger partial charge in [0.1, 0.15) is 18.2 Å². The Balaban J connectivity index is 1.87. The summed E-state index contributed by atoms with van der Waals surface area (Å²) in [4.78, 5) is 42.9. The summed E-state index contributed by atoms with van der Waals surface area (Å²) in [5.74, 6) is -1.25. The van der Waals surface area contributed by atoms with E-state index in [0.29, 0.717) is 11.5 Å². The quantitative estimate of drug-likeness (QED) is 0.220. The molecule has 0 aromatic heterocycles. The van der Waals surface area contributed by atoms with Crippen molar-refractivity contribution in [2.24, 2.45) is 22.2 Å². The Morgan fingerprint density at radius 3 is 2.70 bits per heavy atom. The molecule has 2 atom stereocenters. The van der Waals surface area contributed by atoms with Gasteiger partial charge >= 0.3 is 11.9 Å². The maximum absolute atomic E-state index is 12.4. The first-order chi connectivity index (χ1) is 12.7. The van der Waals surface area contributed by atoms with E-state index in [1.54, 1.807) is 33.8 Å². The van der Waals surface area contributed by atoms with Gasteiger partial charge in [0.25, 0.3) is 0 Å². The number of nitrogens with zero attached hydrogens (tertiary/aromatic N) is 2. The first kappa shape index (κ1) is 21.2. The lowest BCUT2D eigenvalue weighted by Crippen LogP contribution is -2.62. The van der Waals surface area contributed by atoms with Gasteiger partial charge < -0.3 is 20.0 Å². The van der Waals surface area contributed by atoms with E-state index in [0.717, 1.165) is 0 Å². The molecule has 2 heterocycles. The third-order valence-electron chi connectivity index (χ3n) is 3.93. The Morgan fingerprint density at radius 1 is 1.37 bits per heavy atom. The second kappa shape index (κ2) is 8.75. The summed E-state index contributed by atoms with van der Waals surface area (Å²) in [6.45, 7) is 6.73. The summed E-state index contributed by atoms with van der Waals surface area (Å²) < 4.78 is 9.91. The number of ether oxygens (including phenoxy) is 2. The number of carbonyl (C=O) groups is 3. The molecule has 2 aliphatic rings. The number of hydrogen-bond acceptors (Lipinski definition) is 9. The summed E-state index contributed by atoms with van der Waals surface area (Å²) >= 11 is 1.53. The highest BCUT2D eigenvalue weighted by Gasteiger charge is 2.52. The summed E-state index contributed by atoms with van der Waals surface area (Å²) in [5.41, 5.74) is 5.52. The molecule has 2 rings (SSSR count). The van der Waals surface area contributed by atoms with Crippen molar-refractivity contribution < 1.29 is 28.7 Å². The molecule has 9 nitrogen and oxygen atoms in total. The van der Waals surface area contributed by atoms with Crippen LogP contribution in [0.3, 0.4) is 0 Å². The molecule has 1 fully saturated rings. The first-order valence-corrected chi connectivity index (χ1v) is 9.56. The molecule has 27 heavy (non-hydrogen) atoms. The maximum Gasteiger partial charge on any atom is 0.357 e. The normalized spacial score (nSPS) is 22.4. The second-order valence-corrected chi connectivity index (χ2v) is 8.34. The van der Waals surface area contributed by atoms with Gasteiger partial charge in [-0.1, -0.05) is 5.16 Å². The van der Waals surface area contributed by atoms with Gasteiger partial charge in [-0.15, -0.1) is 11.8 Å². The number of β-lactam (4-membered cyclic amide) rings is 1. The number of thioether (sulfide) groups is 1. The Bertz CT molecular complexity index is 670. The van der Waals surface area contributed by atoms with Crippen LogP contribution in [-0.2, 0) is 28.7 Å². The lowest BCUT2D eigenvalue weighted by atomic mass is 9.97. The zero-order chi connectivity index (χ0) is 20.2. The van der Waals surface area contributed by atoms with Crippen LogP contribution in [-0.4, -0.2) is 59.5 Å². The van der Waals surface area contributed by atoms with E-state index < -0.39 is 24.1 Å². The second-order valence-electron chi connectivity index (χ2n) is 7.19. The summed E-state index contributed by atoms with van der Waals surface area (Å²) in [5, 5.41) is 3.61. The van der Waals surface area contributed by atoms with E-state index in [9.17, 15) is 14.4 Å². The largest absolute Gasteiger partial charge is 0.427 e. The van der Waals surface area contributed by atoms with Gasteiger partial charge in [0.05, 0.1) is 16.5 Å². The van der Waals surface area contributed by atoms with Gasteiger partial charge in [-0.3, -0.25) is 14.5 Å². The van der Waals surface area contributed by atoms with Gasteiger partial charge in [0.15, 0.2) is 0 Å². The Labute approximate surface area is 162 Å². The predicted molar refractivity (Wildman–Crippen MR) is 99.3 cm³/mol. The van der Waals surface area contributed by atoms with Gasteiger partial charge in [-0.2, -0.15) is 0 Å². The SMILES string of the molecule is C/C(CN)=N\OCC1C(=O)N2C(C(=O)OCOC(=O)C(C)(C)C)=CCSC12. The predicted octanol–water partition coefficient (Wildman–Crippen LogP) is 0.843. The highest BCUT2D eigenvalue weighted by Crippen LogP contribution is 2.41. The standard InChI is InChI=1S/C17H25N3O6S/c1-10(7-18)19-26-8-11-13(21)20-12(5-6-27-14(11)20)15(22)24-9-25-16(23)17(2,3)4/h5,11,14H,6-9,18H2,1-4H3/b19-10+. The number of amides is 1. The van der Waals surface area contributed by atoms with E-state index in [2.05, 4.69) is 5.16 Å². The zero-order valence-corrected chi connectivity index (χ0v) is 16.7. The molecule has 1 saturated heterocycles. The molecule has 10 heteroatoms. The van der Waals surface area contributed by atoms with Crippen LogP contribution >= 0.6 is 11.8 Å². The average molecular weight is 399 g/mol. The molecule has 0 aliphatic carbocycles. The van der Waals surface area contributed by atoms with Crippen molar-refractivity contribution in [3.8, 4) is 0 Å². The van der Waals surface area contributed by atoms with Crippen molar-refractivity contribution in [3.05, 3.63) is 11.8 Å². The summed E-state index contributed by atoms with van der Waals surface area (Å²) in [6, 6.07) is 0. The zero-order valence-electron chi connectivity index (χ0n) is 15.9. The average Bonchev–Trinajstić information content (AvgIpc) is 2.62. The molecule has 2 N–H and O–H groups in total. The fourth-order valence-corrected chi connectivity index (χ4v) is 3.57. The van der Waals surface area contributed by atoms with Crippen LogP contribution in [0.5, 0.6) is 0 Å². The smallest absolute Gasteiger partial charge is 0.357 e. The van der Waals surface area contributed by atoms with Crippen LogP contribution < -0.4 is 5.73 Å². The summed E-state index contributed by atoms with van der Waals surface area (Å²) in [6.07, 6.45) is 1.63. The molecule has 0 radical (unpaired) electrons. The lowest BCUT2D eigenvalue weighted by molar-refractivity contribution is -0.174. The Kier molecular flexibility index (Phi) is 6.88. The van der Waals surface area contributed by atoms with Crippen molar-refractivity contribution in [1.82, 2.24) is 4.90 Å². The van der Waals surface area contributed by atoms with Crippen molar-refractivity contribution >= 4 is 35.3 Å². The highest BCUT2D eigenvalue weighted by atomic mass is 32.2. The van der Waals surface area contributed by atoms with E-state index in [1.165, 1.54) is 16.7 Å². The topological polar surface area (TPSA) is 121 Å². The van der Waals surface area contributed by atoms with Gasteiger partial charge in [0.2, 0.25) is 12.7 Å². The minimum atomic E-state index is -0.702. The molecule has 0 bridgehead atoms. The fraction of sp³-hybridized carbons (Fsp3) is 0.647. The third kappa shape index (κ3) is 5.01. The Hall–Kier alpha value is -2.07. The van der Waals surface area contributed by atoms with Crippen LogP contribution in [0, 0.1) is 11.3 Å². The van der Waals surface area contributed by atoms with Crippen LogP contribution in [0.1, 0.15) is 27.7 Å². The molecule has 0 spiro atoms. The van der Waals surface area contributed by atoms with E-state index >= 15 is 0 Å². The van der Waals surface area contributed by atoms with Crippen molar-refractivity contribution in [3.63, 3.8) is 0 Å². The van der Waals surface area contributed by atoms with Gasteiger partial charge in [-0.05, 0) is 33.8 Å². The van der Waals surface area contributed by atoms with Crippen molar-refractivity contribution in [2.75, 3.05) is 25.7 Å².